The van der Waals surface area contributed by atoms with Crippen molar-refractivity contribution in [3.63, 3.8) is 0 Å². The lowest BCUT2D eigenvalue weighted by atomic mass is 9.82. The van der Waals surface area contributed by atoms with Gasteiger partial charge in [-0.3, -0.25) is 0 Å². The average Bonchev–Trinajstić information content (AvgIpc) is 1.39. The molecule has 23 rings (SSSR count). The van der Waals surface area contributed by atoms with Crippen LogP contribution < -0.4 is 20.2 Å². The van der Waals surface area contributed by atoms with E-state index in [9.17, 15) is 5.26 Å². The predicted octanol–water partition coefficient (Wildman–Crippen LogP) is 27.3. The number of fused-ring (bicyclic) bond motifs is 20. The molecule has 1 atom stereocenters. The molecule has 0 bridgehead atoms. The maximum absolute atomic E-state index is 12.9. The Labute approximate surface area is 646 Å². The normalized spacial score (nSPS) is 14.1. The zero-order valence-electron chi connectivity index (χ0n) is 61.4. The number of nitrogens with zero attached hydrogens (tertiary/aromatic N) is 3. The molecule has 1 unspecified atom stereocenters. The molecule has 20 aromatic rings. The number of rotatable bonds is 9. The third-order valence-electron chi connectivity index (χ3n) is 24.4. The smallest absolute Gasteiger partial charge is 0.144 e. The quantitative estimate of drug-likeness (QED) is 0.106. The first-order chi connectivity index (χ1) is 55.3. The van der Waals surface area contributed by atoms with Gasteiger partial charge in [0.15, 0.2) is 0 Å². The summed E-state index contributed by atoms with van der Waals surface area (Å²) in [5.41, 5.74) is 23.9. The summed E-state index contributed by atoms with van der Waals surface area (Å²) >= 11 is 0. The van der Waals surface area contributed by atoms with Gasteiger partial charge < -0.3 is 18.6 Å². The van der Waals surface area contributed by atoms with Crippen molar-refractivity contribution in [3.05, 3.63) is 385 Å². The van der Waals surface area contributed by atoms with Crippen LogP contribution in [0.2, 0.25) is 0 Å². The molecule has 112 heavy (non-hydrogen) atoms. The monoisotopic (exact) mass is 1430 g/mol. The van der Waals surface area contributed by atoms with Gasteiger partial charge in [-0.25, -0.2) is 0 Å². The fraction of sp³-hybridized carbons (Fsp3) is 0.0374. The molecule has 0 radical (unpaired) electrons. The first-order valence-corrected chi connectivity index (χ1v) is 38.6. The van der Waals surface area contributed by atoms with Gasteiger partial charge in [0.2, 0.25) is 0 Å². The van der Waals surface area contributed by atoms with Crippen LogP contribution >= 0.6 is 0 Å². The van der Waals surface area contributed by atoms with Crippen molar-refractivity contribution >= 4 is 143 Å². The molecule has 0 fully saturated rings. The number of anilines is 4. The van der Waals surface area contributed by atoms with Crippen molar-refractivity contribution in [2.75, 3.05) is 9.80 Å². The van der Waals surface area contributed by atoms with Crippen LogP contribution in [-0.4, -0.2) is 6.04 Å². The van der Waals surface area contributed by atoms with E-state index >= 15 is 0 Å². The molecule has 18 aromatic carbocycles. The van der Waals surface area contributed by atoms with Gasteiger partial charge in [-0.2, -0.15) is 5.26 Å². The minimum Gasteiger partial charge on any atom is -0.456 e. The number of para-hydroxylation sites is 1. The molecule has 3 heterocycles. The van der Waals surface area contributed by atoms with Crippen molar-refractivity contribution < 1.29 is 8.83 Å². The number of furan rings is 2. The number of hydrogen-bond acceptors (Lipinski definition) is 5. The zero-order chi connectivity index (χ0) is 74.0. The van der Waals surface area contributed by atoms with E-state index in [-0.39, 0.29) is 11.5 Å². The second kappa shape index (κ2) is 24.5. The summed E-state index contributed by atoms with van der Waals surface area (Å²) < 4.78 is 15.5. The van der Waals surface area contributed by atoms with Crippen LogP contribution in [0.3, 0.4) is 0 Å². The molecular weight excluding hydrogens is 1360 g/mol. The van der Waals surface area contributed by atoms with Gasteiger partial charge in [0.25, 0.3) is 0 Å². The Hall–Kier alpha value is -14.6. The Morgan fingerprint density at radius 3 is 1.79 bits per heavy atom. The summed E-state index contributed by atoms with van der Waals surface area (Å²) in [6.45, 7) is 4.67. The van der Waals surface area contributed by atoms with E-state index in [2.05, 4.69) is 394 Å². The van der Waals surface area contributed by atoms with Crippen molar-refractivity contribution in [2.45, 2.75) is 25.3 Å². The molecule has 5 heteroatoms. The van der Waals surface area contributed by atoms with Crippen LogP contribution in [0.5, 0.6) is 0 Å². The van der Waals surface area contributed by atoms with E-state index in [0.29, 0.717) is 16.7 Å². The van der Waals surface area contributed by atoms with E-state index in [0.717, 1.165) is 159 Å². The summed E-state index contributed by atoms with van der Waals surface area (Å²) in [5.74, 6) is 0. The van der Waals surface area contributed by atoms with Gasteiger partial charge in [-0.1, -0.05) is 287 Å². The lowest BCUT2D eigenvalue weighted by molar-refractivity contribution is 0.660. The molecular formula is C107H67N3O2. The van der Waals surface area contributed by atoms with Gasteiger partial charge in [0.05, 0.1) is 23.0 Å². The fourth-order valence-corrected chi connectivity index (χ4v) is 19.3. The fourth-order valence-electron chi connectivity index (χ4n) is 19.3. The van der Waals surface area contributed by atoms with Crippen LogP contribution in [0.4, 0.5) is 22.7 Å². The summed E-state index contributed by atoms with van der Waals surface area (Å²) in [5, 5.41) is 31.7. The molecule has 522 valence electrons. The Balaban J connectivity index is 0.836. The van der Waals surface area contributed by atoms with Gasteiger partial charge in [-0.15, -0.1) is 0 Å². The molecule has 0 amide bonds. The van der Waals surface area contributed by atoms with E-state index in [4.69, 9.17) is 8.83 Å². The van der Waals surface area contributed by atoms with Gasteiger partial charge in [0, 0.05) is 89.2 Å². The first kappa shape index (κ1) is 63.5. The maximum Gasteiger partial charge on any atom is 0.144 e. The number of nitriles is 1. The second-order valence-electron chi connectivity index (χ2n) is 30.8. The maximum atomic E-state index is 12.9. The van der Waals surface area contributed by atoms with Crippen LogP contribution in [0, 0.1) is 11.3 Å². The molecule has 0 N–H and O–H groups in total. The molecule has 0 spiro atoms. The molecule has 5 nitrogen and oxygen atoms in total. The molecule has 0 saturated heterocycles. The van der Waals surface area contributed by atoms with E-state index in [1.54, 1.807) is 0 Å². The number of benzene rings is 18. The standard InChI is InChI=1S/C107H67N3O2/c1-107(2)91-43-22-20-41-83(91)87-57-68(46-51-92(87)107)66-33-24-34-72(53-66)99-89-60-86(65-27-8-4-9-28-65)100-88-58-67(64-25-6-3-7-26-64)47-52-95(88)112-106(100)103(89)104-101(90(99)62-108)94(109-63-74-32-15-16-37-78(74)84-42-21-23-44-93(84)109)61-97-102(104)85-50-48-77(59-96(85)111-97)110(76-35-10-5-11-36-76)105-81-40-19-14-31-71(81)55-75-56-73(45-49-82(75)105)98-79-38-17-12-29-69(79)54-70-30-13-18-39-80(70)98/h3-61,63,93H,1-2H3. The van der Waals surface area contributed by atoms with Crippen molar-refractivity contribution in [3.8, 4) is 72.8 Å². The number of hydrogen-bond donors (Lipinski definition) is 0. The van der Waals surface area contributed by atoms with Crippen LogP contribution in [0.15, 0.2) is 367 Å². The third-order valence-corrected chi connectivity index (χ3v) is 24.4. The third kappa shape index (κ3) is 9.49. The van der Waals surface area contributed by atoms with Gasteiger partial charge in [-0.05, 0) is 199 Å². The van der Waals surface area contributed by atoms with E-state index < -0.39 is 0 Å². The van der Waals surface area contributed by atoms with Crippen molar-refractivity contribution in [1.29, 1.82) is 5.26 Å². The minimum atomic E-state index is -0.249. The van der Waals surface area contributed by atoms with E-state index in [1.165, 1.54) is 54.6 Å². The zero-order valence-corrected chi connectivity index (χ0v) is 61.4. The highest BCUT2D eigenvalue weighted by Gasteiger charge is 2.37. The minimum absolute atomic E-state index is 0.154. The van der Waals surface area contributed by atoms with Crippen molar-refractivity contribution in [1.82, 2.24) is 0 Å². The van der Waals surface area contributed by atoms with Crippen molar-refractivity contribution in [2.24, 2.45) is 0 Å². The topological polar surface area (TPSA) is 56.6 Å². The summed E-state index contributed by atoms with van der Waals surface area (Å²) in [7, 11) is 0. The predicted molar refractivity (Wildman–Crippen MR) is 468 cm³/mol. The first-order valence-electron chi connectivity index (χ1n) is 38.6. The lowest BCUT2D eigenvalue weighted by Gasteiger charge is -2.35. The Morgan fingerprint density at radius 1 is 0.366 bits per heavy atom. The highest BCUT2D eigenvalue weighted by molar-refractivity contribution is 6.39. The summed E-state index contributed by atoms with van der Waals surface area (Å²) in [6.07, 6.45) is 11.1. The summed E-state index contributed by atoms with van der Waals surface area (Å²) in [4.78, 5) is 4.82. The average molecular weight is 1430 g/mol. The lowest BCUT2D eigenvalue weighted by Crippen LogP contribution is -2.44. The number of allylic oxidation sites excluding steroid dienone is 2. The molecule has 1 aliphatic heterocycles. The van der Waals surface area contributed by atoms with E-state index in [1.807, 2.05) is 0 Å². The van der Waals surface area contributed by atoms with Crippen LogP contribution in [0.25, 0.3) is 187 Å². The molecule has 0 saturated carbocycles. The van der Waals surface area contributed by atoms with Crippen LogP contribution in [0.1, 0.15) is 30.5 Å². The van der Waals surface area contributed by atoms with Gasteiger partial charge in [0.1, 0.15) is 28.4 Å². The highest BCUT2D eigenvalue weighted by atomic mass is 16.3. The molecule has 3 aliphatic rings. The highest BCUT2D eigenvalue weighted by Crippen LogP contribution is 2.56. The second-order valence-corrected chi connectivity index (χ2v) is 30.8. The van der Waals surface area contributed by atoms with Gasteiger partial charge >= 0.3 is 0 Å². The Morgan fingerprint density at radius 2 is 0.991 bits per heavy atom. The SMILES string of the molecule is CC1(C)c2ccccc2-c2cc(-c3cccc(-c4c(C#N)c5c(N6C=c7ccccc7=C7C=CC=CC76)cc6oc7cc(N(c8ccccc8)c8c9ccccc9cc9cc(-c%10c%11ccccc%11cc%11ccccc%10%11)ccc89)ccc7c6c5c5c4cc(-c4ccccc4)c4c6cc(-c7ccccc7)ccc6oc45)c3)ccc21. The van der Waals surface area contributed by atoms with Crippen LogP contribution in [-0.2, 0) is 5.41 Å². The Bertz CT molecular complexity index is 7690. The summed E-state index contributed by atoms with van der Waals surface area (Å²) in [6, 6.07) is 124. The Kier molecular flexibility index (Phi) is 13.9. The molecule has 2 aliphatic carbocycles. The molecule has 2 aromatic heterocycles. The largest absolute Gasteiger partial charge is 0.456 e.